The van der Waals surface area contributed by atoms with Crippen molar-refractivity contribution in [2.75, 3.05) is 5.43 Å². The fourth-order valence-corrected chi connectivity index (χ4v) is 2.79. The Morgan fingerprint density at radius 1 is 1.48 bits per heavy atom. The number of nitrogens with one attached hydrogen (secondary N) is 1. The molecule has 0 amide bonds. The van der Waals surface area contributed by atoms with Crippen LogP contribution < -0.4 is 10.2 Å². The van der Waals surface area contributed by atoms with E-state index >= 15 is 0 Å². The molecule has 6 nitrogen and oxygen atoms in total. The number of aliphatic carboxylic acids is 1. The molecule has 122 valence electrons. The van der Waals surface area contributed by atoms with Gasteiger partial charge in [0.05, 0.1) is 22.0 Å². The van der Waals surface area contributed by atoms with Crippen LogP contribution in [0.5, 0.6) is 5.75 Å². The molecule has 0 aliphatic heterocycles. The van der Waals surface area contributed by atoms with Gasteiger partial charge in [-0.1, -0.05) is 23.2 Å². The zero-order valence-corrected chi connectivity index (χ0v) is 14.5. The zero-order valence-electron chi connectivity index (χ0n) is 12.2. The average Bonchev–Trinajstić information content (AvgIpc) is 2.88. The summed E-state index contributed by atoms with van der Waals surface area (Å²) in [7, 11) is 0. The number of carboxylic acid groups (broad SMARTS) is 1. The molecule has 0 aliphatic carbocycles. The van der Waals surface area contributed by atoms with Crippen molar-refractivity contribution in [3.8, 4) is 5.75 Å². The number of hydrazone groups is 1. The molecule has 0 spiro atoms. The maximum absolute atomic E-state index is 10.8. The zero-order chi connectivity index (χ0) is 17.0. The number of anilines is 1. The minimum atomic E-state index is -1.11. The van der Waals surface area contributed by atoms with Gasteiger partial charge in [-0.25, -0.2) is 9.78 Å². The Morgan fingerprint density at radius 3 is 2.65 bits per heavy atom. The fraction of sp³-hybridized carbons (Fsp3) is 0.214. The summed E-state index contributed by atoms with van der Waals surface area (Å²) in [6.07, 6.45) is 0.471. The predicted octanol–water partition coefficient (Wildman–Crippen LogP) is 4.06. The van der Waals surface area contributed by atoms with Crippen LogP contribution in [0.15, 0.2) is 22.6 Å². The van der Waals surface area contributed by atoms with Gasteiger partial charge in [-0.2, -0.15) is 5.10 Å². The van der Waals surface area contributed by atoms with Crippen LogP contribution in [0.4, 0.5) is 5.13 Å². The maximum Gasteiger partial charge on any atom is 0.344 e. The lowest BCUT2D eigenvalue weighted by molar-refractivity contribution is -0.144. The van der Waals surface area contributed by atoms with E-state index in [1.807, 2.05) is 12.3 Å². The van der Waals surface area contributed by atoms with Gasteiger partial charge in [-0.05, 0) is 31.5 Å². The highest BCUT2D eigenvalue weighted by molar-refractivity contribution is 7.13. The Balaban J connectivity index is 2.11. The van der Waals surface area contributed by atoms with Gasteiger partial charge in [0.15, 0.2) is 11.9 Å². The number of hydrogen-bond acceptors (Lipinski definition) is 6. The lowest BCUT2D eigenvalue weighted by Crippen LogP contribution is -2.23. The Bertz CT molecular complexity index is 726. The molecule has 0 saturated carbocycles. The Hall–Kier alpha value is -1.83. The topological polar surface area (TPSA) is 83.8 Å². The van der Waals surface area contributed by atoms with Crippen LogP contribution in [-0.2, 0) is 4.79 Å². The summed E-state index contributed by atoms with van der Waals surface area (Å²) < 4.78 is 5.24. The quantitative estimate of drug-likeness (QED) is 0.589. The van der Waals surface area contributed by atoms with Crippen molar-refractivity contribution in [2.24, 2.45) is 5.10 Å². The molecule has 1 unspecified atom stereocenters. The minimum absolute atomic E-state index is 0.129. The third kappa shape index (κ3) is 4.82. The van der Waals surface area contributed by atoms with Gasteiger partial charge < -0.3 is 9.84 Å². The average molecular weight is 374 g/mol. The molecule has 0 radical (unpaired) electrons. The van der Waals surface area contributed by atoms with Gasteiger partial charge in [0.2, 0.25) is 5.13 Å². The molecular formula is C14H13Cl2N3O3S. The standard InChI is InChI=1S/C14H13Cl2N3O3S/c1-7-6-23-14(18-7)19-17-5-9-3-10(15)12(11(16)4-9)22-8(2)13(20)21/h3-6,8H,1-2H3,(H,18,19)(H,20,21). The second kappa shape index (κ2) is 7.63. The Morgan fingerprint density at radius 2 is 2.13 bits per heavy atom. The smallest absolute Gasteiger partial charge is 0.344 e. The third-order valence-electron chi connectivity index (χ3n) is 2.66. The van der Waals surface area contributed by atoms with Gasteiger partial charge in [0.1, 0.15) is 0 Å². The van der Waals surface area contributed by atoms with E-state index in [9.17, 15) is 4.79 Å². The number of ether oxygens (including phenoxy) is 1. The van der Waals surface area contributed by atoms with Crippen molar-refractivity contribution >= 4 is 51.9 Å². The van der Waals surface area contributed by atoms with E-state index in [0.717, 1.165) is 5.69 Å². The van der Waals surface area contributed by atoms with E-state index in [1.54, 1.807) is 12.1 Å². The van der Waals surface area contributed by atoms with E-state index in [1.165, 1.54) is 24.5 Å². The molecule has 1 aromatic carbocycles. The summed E-state index contributed by atoms with van der Waals surface area (Å²) in [6.45, 7) is 3.28. The predicted molar refractivity (Wildman–Crippen MR) is 92.3 cm³/mol. The normalized spacial score (nSPS) is 12.3. The number of carboxylic acids is 1. The van der Waals surface area contributed by atoms with Gasteiger partial charge >= 0.3 is 5.97 Å². The summed E-state index contributed by atoms with van der Waals surface area (Å²) in [6, 6.07) is 3.16. The number of benzene rings is 1. The van der Waals surface area contributed by atoms with Crippen LogP contribution in [-0.4, -0.2) is 28.4 Å². The largest absolute Gasteiger partial charge is 0.479 e. The van der Waals surface area contributed by atoms with E-state index in [-0.39, 0.29) is 15.8 Å². The number of hydrogen-bond donors (Lipinski definition) is 2. The summed E-state index contributed by atoms with van der Waals surface area (Å²) in [5.41, 5.74) is 4.34. The highest BCUT2D eigenvalue weighted by atomic mass is 35.5. The van der Waals surface area contributed by atoms with Crippen molar-refractivity contribution in [1.29, 1.82) is 0 Å². The van der Waals surface area contributed by atoms with E-state index in [4.69, 9.17) is 33.0 Å². The second-order valence-electron chi connectivity index (χ2n) is 4.58. The first-order valence-electron chi connectivity index (χ1n) is 6.46. The number of rotatable bonds is 6. The van der Waals surface area contributed by atoms with Crippen LogP contribution in [0.3, 0.4) is 0 Å². The molecule has 23 heavy (non-hydrogen) atoms. The van der Waals surface area contributed by atoms with Crippen molar-refractivity contribution < 1.29 is 14.6 Å². The Labute approximate surface area is 146 Å². The molecule has 9 heteroatoms. The minimum Gasteiger partial charge on any atom is -0.479 e. The van der Waals surface area contributed by atoms with Crippen LogP contribution >= 0.6 is 34.5 Å². The lowest BCUT2D eigenvalue weighted by atomic mass is 10.2. The number of carbonyl (C=O) groups is 1. The molecule has 0 aliphatic rings. The van der Waals surface area contributed by atoms with Crippen LogP contribution in [0, 0.1) is 6.92 Å². The highest BCUT2D eigenvalue weighted by Crippen LogP contribution is 2.34. The molecule has 0 fully saturated rings. The summed E-state index contributed by atoms with van der Waals surface area (Å²) >= 11 is 13.6. The van der Waals surface area contributed by atoms with Crippen LogP contribution in [0.1, 0.15) is 18.2 Å². The number of aromatic nitrogens is 1. The van der Waals surface area contributed by atoms with Gasteiger partial charge in [0.25, 0.3) is 0 Å². The fourth-order valence-electron chi connectivity index (χ4n) is 1.56. The SMILES string of the molecule is Cc1csc(NN=Cc2cc(Cl)c(OC(C)C(=O)O)c(Cl)c2)n1. The molecule has 0 saturated heterocycles. The molecule has 0 bridgehead atoms. The van der Waals surface area contributed by atoms with E-state index < -0.39 is 12.1 Å². The Kier molecular flexibility index (Phi) is 5.81. The van der Waals surface area contributed by atoms with Crippen LogP contribution in [0.25, 0.3) is 0 Å². The van der Waals surface area contributed by atoms with Crippen molar-refractivity contribution in [2.45, 2.75) is 20.0 Å². The first-order chi connectivity index (χ1) is 10.9. The number of halogens is 2. The van der Waals surface area contributed by atoms with Gasteiger partial charge in [-0.15, -0.1) is 11.3 Å². The first-order valence-corrected chi connectivity index (χ1v) is 8.10. The molecule has 2 aromatic rings. The molecule has 2 N–H and O–H groups in total. The molecular weight excluding hydrogens is 361 g/mol. The number of nitrogens with zero attached hydrogens (tertiary/aromatic N) is 2. The molecule has 1 atom stereocenters. The molecule has 2 rings (SSSR count). The number of thiazole rings is 1. The van der Waals surface area contributed by atoms with Crippen molar-refractivity contribution in [1.82, 2.24) is 4.98 Å². The summed E-state index contributed by atoms with van der Waals surface area (Å²) in [4.78, 5) is 15.0. The second-order valence-corrected chi connectivity index (χ2v) is 6.25. The van der Waals surface area contributed by atoms with Gasteiger partial charge in [0, 0.05) is 5.38 Å². The summed E-state index contributed by atoms with van der Waals surface area (Å²) in [5.74, 6) is -0.977. The summed E-state index contributed by atoms with van der Waals surface area (Å²) in [5, 5.41) is 15.9. The maximum atomic E-state index is 10.8. The molecule has 1 heterocycles. The lowest BCUT2D eigenvalue weighted by Gasteiger charge is -2.13. The van der Waals surface area contributed by atoms with Gasteiger partial charge in [-0.3, -0.25) is 5.43 Å². The van der Waals surface area contributed by atoms with E-state index in [2.05, 4.69) is 15.5 Å². The van der Waals surface area contributed by atoms with E-state index in [0.29, 0.717) is 10.7 Å². The first kappa shape index (κ1) is 17.5. The highest BCUT2D eigenvalue weighted by Gasteiger charge is 2.17. The molecule has 1 aromatic heterocycles. The monoisotopic (exact) mass is 373 g/mol. The number of aryl methyl sites for hydroxylation is 1. The van der Waals surface area contributed by atoms with Crippen molar-refractivity contribution in [3.05, 3.63) is 38.8 Å². The van der Waals surface area contributed by atoms with Crippen molar-refractivity contribution in [3.63, 3.8) is 0 Å². The van der Waals surface area contributed by atoms with Crippen LogP contribution in [0.2, 0.25) is 10.0 Å². The third-order valence-corrected chi connectivity index (χ3v) is 4.08.